The predicted octanol–water partition coefficient (Wildman–Crippen LogP) is 3.33. The molecule has 88 valence electrons. The highest BCUT2D eigenvalue weighted by Crippen LogP contribution is 2.33. The third-order valence-corrected chi connectivity index (χ3v) is 4.10. The molecule has 0 N–H and O–H groups in total. The first-order chi connectivity index (χ1) is 7.60. The number of hydrogen-bond acceptors (Lipinski definition) is 3. The SMILES string of the molecule is CCOC(=O)Cc1c(OC)ccc(Br)c1Br. The van der Waals surface area contributed by atoms with Crippen molar-refractivity contribution >= 4 is 37.8 Å². The van der Waals surface area contributed by atoms with Crippen LogP contribution in [0.3, 0.4) is 0 Å². The summed E-state index contributed by atoms with van der Waals surface area (Å²) in [7, 11) is 1.57. The van der Waals surface area contributed by atoms with Crippen LogP contribution in [0.15, 0.2) is 21.1 Å². The van der Waals surface area contributed by atoms with Crippen molar-refractivity contribution in [3.63, 3.8) is 0 Å². The van der Waals surface area contributed by atoms with E-state index in [2.05, 4.69) is 31.9 Å². The van der Waals surface area contributed by atoms with Gasteiger partial charge in [-0.1, -0.05) is 0 Å². The maximum atomic E-state index is 11.4. The summed E-state index contributed by atoms with van der Waals surface area (Å²) < 4.78 is 11.8. The molecule has 0 bridgehead atoms. The second-order valence-electron chi connectivity index (χ2n) is 3.02. The molecular weight excluding hydrogens is 340 g/mol. The van der Waals surface area contributed by atoms with Gasteiger partial charge in [-0.15, -0.1) is 0 Å². The first-order valence-electron chi connectivity index (χ1n) is 4.76. The number of halogens is 2. The largest absolute Gasteiger partial charge is 0.496 e. The van der Waals surface area contributed by atoms with Crippen molar-refractivity contribution in [2.24, 2.45) is 0 Å². The van der Waals surface area contributed by atoms with Crippen LogP contribution in [0.1, 0.15) is 12.5 Å². The smallest absolute Gasteiger partial charge is 0.310 e. The zero-order chi connectivity index (χ0) is 12.1. The van der Waals surface area contributed by atoms with Gasteiger partial charge in [-0.05, 0) is 50.9 Å². The molecule has 0 aliphatic heterocycles. The lowest BCUT2D eigenvalue weighted by atomic mass is 10.1. The molecule has 5 heteroatoms. The molecule has 0 saturated heterocycles. The monoisotopic (exact) mass is 350 g/mol. The Morgan fingerprint density at radius 2 is 2.06 bits per heavy atom. The first-order valence-corrected chi connectivity index (χ1v) is 6.35. The average Bonchev–Trinajstić information content (AvgIpc) is 2.25. The van der Waals surface area contributed by atoms with Crippen LogP contribution >= 0.6 is 31.9 Å². The van der Waals surface area contributed by atoms with Gasteiger partial charge in [0.05, 0.1) is 20.1 Å². The molecule has 1 aromatic carbocycles. The van der Waals surface area contributed by atoms with Crippen LogP contribution in [0, 0.1) is 0 Å². The van der Waals surface area contributed by atoms with Crippen molar-refractivity contribution in [2.45, 2.75) is 13.3 Å². The molecular formula is C11H12Br2O3. The van der Waals surface area contributed by atoms with Crippen LogP contribution in [0.4, 0.5) is 0 Å². The van der Waals surface area contributed by atoms with Gasteiger partial charge in [0.1, 0.15) is 5.75 Å². The normalized spacial score (nSPS) is 10.0. The molecule has 0 amide bonds. The topological polar surface area (TPSA) is 35.5 Å². The van der Waals surface area contributed by atoms with E-state index < -0.39 is 0 Å². The molecule has 3 nitrogen and oxygen atoms in total. The predicted molar refractivity (Wildman–Crippen MR) is 68.7 cm³/mol. The maximum absolute atomic E-state index is 11.4. The first kappa shape index (κ1) is 13.5. The second-order valence-corrected chi connectivity index (χ2v) is 4.67. The van der Waals surface area contributed by atoms with Crippen LogP contribution < -0.4 is 4.74 Å². The Morgan fingerprint density at radius 1 is 1.38 bits per heavy atom. The van der Waals surface area contributed by atoms with Crippen molar-refractivity contribution in [1.82, 2.24) is 0 Å². The Morgan fingerprint density at radius 3 is 2.62 bits per heavy atom. The molecule has 0 atom stereocenters. The van der Waals surface area contributed by atoms with Crippen molar-refractivity contribution in [1.29, 1.82) is 0 Å². The van der Waals surface area contributed by atoms with Gasteiger partial charge in [0.15, 0.2) is 0 Å². The molecule has 0 saturated carbocycles. The van der Waals surface area contributed by atoms with E-state index in [1.54, 1.807) is 14.0 Å². The number of methoxy groups -OCH3 is 1. The molecule has 0 unspecified atom stereocenters. The fraction of sp³-hybridized carbons (Fsp3) is 0.364. The summed E-state index contributed by atoms with van der Waals surface area (Å²) in [4.78, 5) is 11.4. The third kappa shape index (κ3) is 3.22. The van der Waals surface area contributed by atoms with Crippen LogP contribution in [0.5, 0.6) is 5.75 Å². The summed E-state index contributed by atoms with van der Waals surface area (Å²) in [6.07, 6.45) is 0.192. The fourth-order valence-electron chi connectivity index (χ4n) is 1.29. The highest BCUT2D eigenvalue weighted by molar-refractivity contribution is 9.13. The Labute approximate surface area is 111 Å². The molecule has 16 heavy (non-hydrogen) atoms. The third-order valence-electron chi connectivity index (χ3n) is 2.00. The number of benzene rings is 1. The van der Waals surface area contributed by atoms with Gasteiger partial charge >= 0.3 is 5.97 Å². The van der Waals surface area contributed by atoms with Gasteiger partial charge in [0.2, 0.25) is 0 Å². The molecule has 0 aliphatic carbocycles. The summed E-state index contributed by atoms with van der Waals surface area (Å²) in [5.41, 5.74) is 0.787. The summed E-state index contributed by atoms with van der Waals surface area (Å²) in [5, 5.41) is 0. The molecule has 0 aliphatic rings. The standard InChI is InChI=1S/C11H12Br2O3/c1-3-16-10(14)6-7-9(15-2)5-4-8(12)11(7)13/h4-5H,3,6H2,1-2H3. The molecule has 1 aromatic rings. The summed E-state index contributed by atoms with van der Waals surface area (Å²) >= 11 is 6.80. The summed E-state index contributed by atoms with van der Waals surface area (Å²) in [6.45, 7) is 2.16. The zero-order valence-corrected chi connectivity index (χ0v) is 12.2. The van der Waals surface area contributed by atoms with Gasteiger partial charge in [0, 0.05) is 14.5 Å². The Bertz CT molecular complexity index is 391. The van der Waals surface area contributed by atoms with Gasteiger partial charge in [-0.2, -0.15) is 0 Å². The second kappa shape index (κ2) is 6.25. The number of hydrogen-bond donors (Lipinski definition) is 0. The van der Waals surface area contributed by atoms with Gasteiger partial charge in [-0.3, -0.25) is 4.79 Å². The van der Waals surface area contributed by atoms with Gasteiger partial charge in [-0.25, -0.2) is 0 Å². The highest BCUT2D eigenvalue weighted by atomic mass is 79.9. The van der Waals surface area contributed by atoms with Crippen molar-refractivity contribution in [3.05, 3.63) is 26.6 Å². The van der Waals surface area contributed by atoms with Crippen LogP contribution in [-0.2, 0) is 16.0 Å². The Balaban J connectivity index is 3.00. The van der Waals surface area contributed by atoms with Crippen LogP contribution in [0.25, 0.3) is 0 Å². The Hall–Kier alpha value is -0.550. The number of rotatable bonds is 4. The average molecular weight is 352 g/mol. The Kier molecular flexibility index (Phi) is 5.28. The van der Waals surface area contributed by atoms with E-state index in [1.165, 1.54) is 0 Å². The van der Waals surface area contributed by atoms with Crippen LogP contribution in [-0.4, -0.2) is 19.7 Å². The number of carbonyl (C=O) groups excluding carboxylic acids is 1. The number of ether oxygens (including phenoxy) is 2. The van der Waals surface area contributed by atoms with E-state index in [4.69, 9.17) is 9.47 Å². The molecule has 0 aromatic heterocycles. The number of carbonyl (C=O) groups is 1. The van der Waals surface area contributed by atoms with E-state index in [9.17, 15) is 4.79 Å². The van der Waals surface area contributed by atoms with E-state index in [0.29, 0.717) is 12.4 Å². The fourth-order valence-corrected chi connectivity index (χ4v) is 2.13. The minimum absolute atomic E-state index is 0.192. The minimum Gasteiger partial charge on any atom is -0.496 e. The van der Waals surface area contributed by atoms with Gasteiger partial charge in [0.25, 0.3) is 0 Å². The summed E-state index contributed by atoms with van der Waals surface area (Å²) in [5.74, 6) is 0.405. The van der Waals surface area contributed by atoms with Gasteiger partial charge < -0.3 is 9.47 Å². The highest BCUT2D eigenvalue weighted by Gasteiger charge is 2.15. The molecule has 1 rings (SSSR count). The molecule has 0 radical (unpaired) electrons. The quantitative estimate of drug-likeness (QED) is 0.780. The van der Waals surface area contributed by atoms with E-state index in [1.807, 2.05) is 12.1 Å². The van der Waals surface area contributed by atoms with E-state index >= 15 is 0 Å². The van der Waals surface area contributed by atoms with Crippen molar-refractivity contribution in [2.75, 3.05) is 13.7 Å². The molecule has 0 spiro atoms. The molecule has 0 fully saturated rings. The maximum Gasteiger partial charge on any atom is 0.310 e. The lowest BCUT2D eigenvalue weighted by Gasteiger charge is -2.11. The van der Waals surface area contributed by atoms with Crippen molar-refractivity contribution < 1.29 is 14.3 Å². The van der Waals surface area contributed by atoms with Crippen molar-refractivity contribution in [3.8, 4) is 5.75 Å². The zero-order valence-electron chi connectivity index (χ0n) is 9.05. The minimum atomic E-state index is -0.264. The lowest BCUT2D eigenvalue weighted by Crippen LogP contribution is -2.09. The number of esters is 1. The lowest BCUT2D eigenvalue weighted by molar-refractivity contribution is -0.142. The van der Waals surface area contributed by atoms with E-state index in [0.717, 1.165) is 14.5 Å². The summed E-state index contributed by atoms with van der Waals surface area (Å²) in [6, 6.07) is 3.67. The van der Waals surface area contributed by atoms with E-state index in [-0.39, 0.29) is 12.4 Å². The van der Waals surface area contributed by atoms with Crippen LogP contribution in [0.2, 0.25) is 0 Å². The molecule has 0 heterocycles.